The van der Waals surface area contributed by atoms with Gasteiger partial charge in [-0.05, 0) is 111 Å². The molecule has 0 nitrogen and oxygen atoms in total. The zero-order valence-corrected chi connectivity index (χ0v) is 28.8. The molecule has 9 aromatic carbocycles. The Hall–Kier alpha value is -6.24. The van der Waals surface area contributed by atoms with Gasteiger partial charge in [0.1, 0.15) is 0 Å². The molecule has 0 saturated carbocycles. The van der Waals surface area contributed by atoms with Crippen molar-refractivity contribution in [2.75, 3.05) is 0 Å². The minimum atomic E-state index is -0.0791. The molecule has 240 valence electrons. The van der Waals surface area contributed by atoms with Crippen molar-refractivity contribution < 1.29 is 0 Å². The molecular weight excluding hydrogens is 613 g/mol. The van der Waals surface area contributed by atoms with E-state index in [1.807, 2.05) is 0 Å². The zero-order valence-electron chi connectivity index (χ0n) is 28.8. The van der Waals surface area contributed by atoms with Crippen LogP contribution in [0.25, 0.3) is 88.0 Å². The van der Waals surface area contributed by atoms with Gasteiger partial charge in [0, 0.05) is 5.41 Å². The molecule has 10 rings (SSSR count). The summed E-state index contributed by atoms with van der Waals surface area (Å²) in [6, 6.07) is 67.5. The summed E-state index contributed by atoms with van der Waals surface area (Å²) in [5.41, 5.74) is 15.4. The summed E-state index contributed by atoms with van der Waals surface area (Å²) in [6.07, 6.45) is 0. The summed E-state index contributed by atoms with van der Waals surface area (Å²) in [6.45, 7) is 4.75. The van der Waals surface area contributed by atoms with Crippen molar-refractivity contribution in [2.45, 2.75) is 19.3 Å². The van der Waals surface area contributed by atoms with Gasteiger partial charge in [-0.15, -0.1) is 0 Å². The molecule has 0 unspecified atom stereocenters. The molecule has 1 aliphatic carbocycles. The fraction of sp³-hybridized carbons (Fsp3) is 0.0588. The Balaban J connectivity index is 1.30. The molecule has 1 aliphatic rings. The highest BCUT2D eigenvalue weighted by Gasteiger charge is 2.37. The lowest BCUT2D eigenvalue weighted by Gasteiger charge is -2.23. The summed E-state index contributed by atoms with van der Waals surface area (Å²) >= 11 is 0. The highest BCUT2D eigenvalue weighted by Crippen LogP contribution is 2.54. The molecule has 0 radical (unpaired) electrons. The molecule has 0 heteroatoms. The first-order valence-electron chi connectivity index (χ1n) is 17.9. The Bertz CT molecular complexity index is 2800. The SMILES string of the molecule is CC1(C)c2ccccc2-c2c(-c3c4ccccc4c(-c4ccc(-c5ccccc5)cc4)c4ccc(-c5ccc6ccccc6c5)cc34)cccc21. The first-order chi connectivity index (χ1) is 25.1. The number of hydrogen-bond acceptors (Lipinski definition) is 0. The van der Waals surface area contributed by atoms with Crippen LogP contribution in [0, 0.1) is 0 Å². The molecule has 0 aliphatic heterocycles. The van der Waals surface area contributed by atoms with Crippen molar-refractivity contribution >= 4 is 32.3 Å². The Morgan fingerprint density at radius 1 is 0.294 bits per heavy atom. The molecule has 0 aromatic heterocycles. The van der Waals surface area contributed by atoms with Gasteiger partial charge in [-0.25, -0.2) is 0 Å². The van der Waals surface area contributed by atoms with Gasteiger partial charge >= 0.3 is 0 Å². The number of benzene rings is 9. The molecule has 0 N–H and O–H groups in total. The van der Waals surface area contributed by atoms with E-state index in [-0.39, 0.29) is 5.41 Å². The van der Waals surface area contributed by atoms with Gasteiger partial charge in [0.15, 0.2) is 0 Å². The van der Waals surface area contributed by atoms with E-state index in [0.29, 0.717) is 0 Å². The molecular formula is C51H36. The van der Waals surface area contributed by atoms with Crippen LogP contribution in [0.5, 0.6) is 0 Å². The molecule has 0 spiro atoms. The van der Waals surface area contributed by atoms with Crippen molar-refractivity contribution in [3.8, 4) is 55.6 Å². The number of fused-ring (bicyclic) bond motifs is 6. The van der Waals surface area contributed by atoms with Gasteiger partial charge in [0.05, 0.1) is 0 Å². The second-order valence-electron chi connectivity index (χ2n) is 14.5. The van der Waals surface area contributed by atoms with Crippen LogP contribution < -0.4 is 0 Å². The highest BCUT2D eigenvalue weighted by atomic mass is 14.4. The maximum Gasteiger partial charge on any atom is 0.0159 e. The number of rotatable bonds is 4. The average molecular weight is 649 g/mol. The molecule has 0 bridgehead atoms. The Kier molecular flexibility index (Phi) is 6.63. The lowest BCUT2D eigenvalue weighted by Crippen LogP contribution is -2.14. The Morgan fingerprint density at radius 2 is 0.843 bits per heavy atom. The Morgan fingerprint density at radius 3 is 1.67 bits per heavy atom. The minimum absolute atomic E-state index is 0.0791. The zero-order chi connectivity index (χ0) is 34.1. The van der Waals surface area contributed by atoms with Gasteiger partial charge in [-0.1, -0.05) is 184 Å². The first-order valence-corrected chi connectivity index (χ1v) is 17.9. The van der Waals surface area contributed by atoms with Gasteiger partial charge in [-0.2, -0.15) is 0 Å². The third kappa shape index (κ3) is 4.60. The van der Waals surface area contributed by atoms with E-state index < -0.39 is 0 Å². The predicted molar refractivity (Wildman–Crippen MR) is 218 cm³/mol. The van der Waals surface area contributed by atoms with Crippen molar-refractivity contribution in [3.05, 3.63) is 193 Å². The summed E-state index contributed by atoms with van der Waals surface area (Å²) < 4.78 is 0. The molecule has 0 heterocycles. The first kappa shape index (κ1) is 29.7. The molecule has 0 amide bonds. The molecule has 0 fully saturated rings. The van der Waals surface area contributed by atoms with Crippen LogP contribution in [0.2, 0.25) is 0 Å². The fourth-order valence-electron chi connectivity index (χ4n) is 8.75. The average Bonchev–Trinajstić information content (AvgIpc) is 3.43. The van der Waals surface area contributed by atoms with E-state index >= 15 is 0 Å². The normalized spacial score (nSPS) is 13.1. The van der Waals surface area contributed by atoms with E-state index in [0.717, 1.165) is 0 Å². The quantitative estimate of drug-likeness (QED) is 0.167. The second kappa shape index (κ2) is 11.4. The van der Waals surface area contributed by atoms with Gasteiger partial charge < -0.3 is 0 Å². The minimum Gasteiger partial charge on any atom is -0.0622 e. The maximum absolute atomic E-state index is 2.45. The van der Waals surface area contributed by atoms with Crippen LogP contribution in [0.3, 0.4) is 0 Å². The standard InChI is InChI=1S/C51H36/c1-51(2)46-21-11-10-19-43(46)50-44(20-12-22-47(50)51)49-41-18-9-8-17-40(41)48(36-26-23-35(24-27-36)33-13-4-3-5-14-33)42-30-29-39(32-45(42)49)38-28-25-34-15-6-7-16-37(34)31-38/h3-32H,1-2H3. The lowest BCUT2D eigenvalue weighted by molar-refractivity contribution is 0.660. The van der Waals surface area contributed by atoms with Crippen molar-refractivity contribution in [1.82, 2.24) is 0 Å². The van der Waals surface area contributed by atoms with E-state index in [1.54, 1.807) is 0 Å². The third-order valence-corrected chi connectivity index (χ3v) is 11.3. The summed E-state index contributed by atoms with van der Waals surface area (Å²) in [7, 11) is 0. The van der Waals surface area contributed by atoms with Crippen molar-refractivity contribution in [2.24, 2.45) is 0 Å². The topological polar surface area (TPSA) is 0 Å². The van der Waals surface area contributed by atoms with Crippen LogP contribution in [-0.2, 0) is 5.41 Å². The van der Waals surface area contributed by atoms with E-state index in [4.69, 9.17) is 0 Å². The fourth-order valence-corrected chi connectivity index (χ4v) is 8.75. The summed E-state index contributed by atoms with van der Waals surface area (Å²) in [5.74, 6) is 0. The highest BCUT2D eigenvalue weighted by molar-refractivity contribution is 6.23. The monoisotopic (exact) mass is 648 g/mol. The van der Waals surface area contributed by atoms with Crippen LogP contribution in [0.1, 0.15) is 25.0 Å². The molecule has 0 saturated heterocycles. The van der Waals surface area contributed by atoms with Crippen LogP contribution in [-0.4, -0.2) is 0 Å². The van der Waals surface area contributed by atoms with Crippen molar-refractivity contribution in [1.29, 1.82) is 0 Å². The van der Waals surface area contributed by atoms with Crippen LogP contribution >= 0.6 is 0 Å². The van der Waals surface area contributed by atoms with E-state index in [1.165, 1.54) is 99.1 Å². The van der Waals surface area contributed by atoms with Gasteiger partial charge in [-0.3, -0.25) is 0 Å². The van der Waals surface area contributed by atoms with Gasteiger partial charge in [0.25, 0.3) is 0 Å². The summed E-state index contributed by atoms with van der Waals surface area (Å²) in [4.78, 5) is 0. The van der Waals surface area contributed by atoms with E-state index in [9.17, 15) is 0 Å². The van der Waals surface area contributed by atoms with Crippen molar-refractivity contribution in [3.63, 3.8) is 0 Å². The van der Waals surface area contributed by atoms with Gasteiger partial charge in [0.2, 0.25) is 0 Å². The molecule has 51 heavy (non-hydrogen) atoms. The molecule has 0 atom stereocenters. The summed E-state index contributed by atoms with van der Waals surface area (Å²) in [5, 5.41) is 7.61. The largest absolute Gasteiger partial charge is 0.0622 e. The third-order valence-electron chi connectivity index (χ3n) is 11.3. The Labute approximate surface area is 299 Å². The smallest absolute Gasteiger partial charge is 0.0159 e. The van der Waals surface area contributed by atoms with Crippen LogP contribution in [0.4, 0.5) is 0 Å². The lowest BCUT2D eigenvalue weighted by atomic mass is 9.80. The van der Waals surface area contributed by atoms with Crippen LogP contribution in [0.15, 0.2) is 182 Å². The van der Waals surface area contributed by atoms with E-state index in [2.05, 4.69) is 196 Å². The second-order valence-corrected chi connectivity index (χ2v) is 14.5. The predicted octanol–water partition coefficient (Wildman–Crippen LogP) is 14.1. The maximum atomic E-state index is 2.45. The number of hydrogen-bond donors (Lipinski definition) is 0. The molecule has 9 aromatic rings.